The van der Waals surface area contributed by atoms with Gasteiger partial charge in [0.2, 0.25) is 10.0 Å². The predicted octanol–water partition coefficient (Wildman–Crippen LogP) is 0.686. The van der Waals surface area contributed by atoms with Crippen LogP contribution in [0, 0.1) is 11.6 Å². The van der Waals surface area contributed by atoms with Crippen molar-refractivity contribution in [2.75, 3.05) is 13.1 Å². The lowest BCUT2D eigenvalue weighted by atomic mass is 10.3. The molecule has 1 aromatic carbocycles. The number of halogens is 2. The van der Waals surface area contributed by atoms with Crippen LogP contribution in [0.1, 0.15) is 6.42 Å². The molecule has 1 aliphatic heterocycles. The zero-order chi connectivity index (χ0) is 12.6. The average molecular weight is 262 g/mol. The van der Waals surface area contributed by atoms with Gasteiger partial charge in [-0.25, -0.2) is 17.2 Å². The summed E-state index contributed by atoms with van der Waals surface area (Å²) in [5, 5.41) is 0. The Hall–Kier alpha value is -1.05. The zero-order valence-corrected chi connectivity index (χ0v) is 9.75. The number of rotatable bonds is 2. The summed E-state index contributed by atoms with van der Waals surface area (Å²) in [4.78, 5) is -0.371. The quantitative estimate of drug-likeness (QED) is 0.852. The SMILES string of the molecule is N[C@@H]1CCN(S(=O)(=O)c2cc(F)cc(F)c2)C1. The summed E-state index contributed by atoms with van der Waals surface area (Å²) in [6.07, 6.45) is 0.553. The number of sulfonamides is 1. The minimum absolute atomic E-state index is 0.181. The third-order valence-electron chi connectivity index (χ3n) is 2.66. The molecule has 2 N–H and O–H groups in total. The van der Waals surface area contributed by atoms with Crippen molar-refractivity contribution < 1.29 is 17.2 Å². The molecule has 17 heavy (non-hydrogen) atoms. The van der Waals surface area contributed by atoms with Crippen molar-refractivity contribution >= 4 is 10.0 Å². The smallest absolute Gasteiger partial charge is 0.243 e. The van der Waals surface area contributed by atoms with Crippen molar-refractivity contribution in [1.29, 1.82) is 0 Å². The van der Waals surface area contributed by atoms with Crippen LogP contribution >= 0.6 is 0 Å². The van der Waals surface area contributed by atoms with E-state index in [-0.39, 0.29) is 24.0 Å². The molecule has 7 heteroatoms. The first-order chi connectivity index (χ1) is 7.89. The topological polar surface area (TPSA) is 63.4 Å². The Bertz CT molecular complexity index is 513. The summed E-state index contributed by atoms with van der Waals surface area (Å²) in [6.45, 7) is 0.460. The van der Waals surface area contributed by atoms with Crippen LogP contribution in [0.5, 0.6) is 0 Å². The molecule has 0 radical (unpaired) electrons. The molecule has 94 valence electrons. The molecule has 1 aliphatic rings. The number of nitrogens with two attached hydrogens (primary N) is 1. The third kappa shape index (κ3) is 2.46. The van der Waals surface area contributed by atoms with Gasteiger partial charge in [0.1, 0.15) is 11.6 Å². The highest BCUT2D eigenvalue weighted by molar-refractivity contribution is 7.89. The van der Waals surface area contributed by atoms with Gasteiger partial charge in [0.05, 0.1) is 4.90 Å². The monoisotopic (exact) mass is 262 g/mol. The van der Waals surface area contributed by atoms with Gasteiger partial charge in [-0.15, -0.1) is 0 Å². The summed E-state index contributed by atoms with van der Waals surface area (Å²) in [5.74, 6) is -1.82. The summed E-state index contributed by atoms with van der Waals surface area (Å²) in [7, 11) is -3.84. The predicted molar refractivity (Wildman–Crippen MR) is 57.7 cm³/mol. The Morgan fingerprint density at radius 2 is 1.82 bits per heavy atom. The van der Waals surface area contributed by atoms with Gasteiger partial charge >= 0.3 is 0 Å². The molecule has 4 nitrogen and oxygen atoms in total. The van der Waals surface area contributed by atoms with E-state index in [1.165, 1.54) is 0 Å². The van der Waals surface area contributed by atoms with E-state index in [0.29, 0.717) is 12.5 Å². The van der Waals surface area contributed by atoms with E-state index in [1.54, 1.807) is 0 Å². The van der Waals surface area contributed by atoms with E-state index >= 15 is 0 Å². The van der Waals surface area contributed by atoms with Crippen LogP contribution in [0.15, 0.2) is 23.1 Å². The van der Waals surface area contributed by atoms with E-state index in [4.69, 9.17) is 5.73 Å². The molecule has 0 aromatic heterocycles. The summed E-state index contributed by atoms with van der Waals surface area (Å²) >= 11 is 0. The van der Waals surface area contributed by atoms with Crippen LogP contribution in [-0.2, 0) is 10.0 Å². The van der Waals surface area contributed by atoms with Gasteiger partial charge < -0.3 is 5.73 Å². The number of benzene rings is 1. The fourth-order valence-corrected chi connectivity index (χ4v) is 3.35. The average Bonchev–Trinajstić information content (AvgIpc) is 2.64. The van der Waals surface area contributed by atoms with Crippen LogP contribution in [0.4, 0.5) is 8.78 Å². The molecule has 0 unspecified atom stereocenters. The zero-order valence-electron chi connectivity index (χ0n) is 8.94. The first kappa shape index (κ1) is 12.4. The standard InChI is InChI=1S/C10H12F2N2O2S/c11-7-3-8(12)5-10(4-7)17(15,16)14-2-1-9(13)6-14/h3-5,9H,1-2,6,13H2/t9-/m1/s1. The molecular formula is C10H12F2N2O2S. The maximum Gasteiger partial charge on any atom is 0.243 e. The second-order valence-corrected chi connectivity index (χ2v) is 5.95. The van der Waals surface area contributed by atoms with Gasteiger partial charge in [-0.3, -0.25) is 0 Å². The van der Waals surface area contributed by atoms with E-state index in [2.05, 4.69) is 0 Å². The first-order valence-corrected chi connectivity index (χ1v) is 6.55. The first-order valence-electron chi connectivity index (χ1n) is 5.11. The summed E-state index contributed by atoms with van der Waals surface area (Å²) < 4.78 is 51.1. The molecular weight excluding hydrogens is 250 g/mol. The molecule has 0 spiro atoms. The highest BCUT2D eigenvalue weighted by atomic mass is 32.2. The number of hydrogen-bond donors (Lipinski definition) is 1. The van der Waals surface area contributed by atoms with Gasteiger partial charge in [0.25, 0.3) is 0 Å². The highest BCUT2D eigenvalue weighted by Crippen LogP contribution is 2.21. The van der Waals surface area contributed by atoms with Gasteiger partial charge in [-0.1, -0.05) is 0 Å². The van der Waals surface area contributed by atoms with E-state index < -0.39 is 21.7 Å². The lowest BCUT2D eigenvalue weighted by Gasteiger charge is -2.15. The number of hydrogen-bond acceptors (Lipinski definition) is 3. The lowest BCUT2D eigenvalue weighted by molar-refractivity contribution is 0.470. The lowest BCUT2D eigenvalue weighted by Crippen LogP contribution is -2.32. The van der Waals surface area contributed by atoms with Crippen molar-refractivity contribution in [1.82, 2.24) is 4.31 Å². The molecule has 0 saturated carbocycles. The van der Waals surface area contributed by atoms with Crippen molar-refractivity contribution in [3.63, 3.8) is 0 Å². The van der Waals surface area contributed by atoms with E-state index in [0.717, 1.165) is 16.4 Å². The Kier molecular flexibility index (Phi) is 3.15. The van der Waals surface area contributed by atoms with E-state index in [1.807, 2.05) is 0 Å². The minimum Gasteiger partial charge on any atom is -0.326 e. The highest BCUT2D eigenvalue weighted by Gasteiger charge is 2.31. The van der Waals surface area contributed by atoms with Gasteiger partial charge in [0, 0.05) is 25.2 Å². The van der Waals surface area contributed by atoms with Crippen LogP contribution in [0.3, 0.4) is 0 Å². The molecule has 0 aliphatic carbocycles. The Morgan fingerprint density at radius 1 is 1.24 bits per heavy atom. The number of nitrogens with zero attached hydrogens (tertiary/aromatic N) is 1. The fourth-order valence-electron chi connectivity index (χ4n) is 1.80. The van der Waals surface area contributed by atoms with Crippen LogP contribution in [0.2, 0.25) is 0 Å². The second-order valence-electron chi connectivity index (χ2n) is 4.02. The molecule has 0 amide bonds. The Balaban J connectivity index is 2.38. The van der Waals surface area contributed by atoms with Crippen molar-refractivity contribution in [3.8, 4) is 0 Å². The van der Waals surface area contributed by atoms with Gasteiger partial charge in [-0.05, 0) is 18.6 Å². The Morgan fingerprint density at radius 3 is 2.29 bits per heavy atom. The summed E-state index contributed by atoms with van der Waals surface area (Å²) in [5.41, 5.74) is 5.61. The largest absolute Gasteiger partial charge is 0.326 e. The van der Waals surface area contributed by atoms with Crippen LogP contribution in [-0.4, -0.2) is 31.9 Å². The van der Waals surface area contributed by atoms with Crippen molar-refractivity contribution in [2.24, 2.45) is 5.73 Å². The van der Waals surface area contributed by atoms with Crippen molar-refractivity contribution in [2.45, 2.75) is 17.4 Å². The van der Waals surface area contributed by atoms with Crippen molar-refractivity contribution in [3.05, 3.63) is 29.8 Å². The maximum absolute atomic E-state index is 13.0. The molecule has 1 saturated heterocycles. The Labute approximate surface area is 98.1 Å². The molecule has 0 bridgehead atoms. The third-order valence-corrected chi connectivity index (χ3v) is 4.50. The summed E-state index contributed by atoms with van der Waals surface area (Å²) in [6, 6.07) is 2.03. The van der Waals surface area contributed by atoms with Gasteiger partial charge in [0.15, 0.2) is 0 Å². The molecule has 1 aromatic rings. The normalized spacial score (nSPS) is 21.9. The maximum atomic E-state index is 13.0. The minimum atomic E-state index is -3.84. The second kappa shape index (κ2) is 4.32. The van der Waals surface area contributed by atoms with Gasteiger partial charge in [-0.2, -0.15) is 4.31 Å². The van der Waals surface area contributed by atoms with E-state index in [9.17, 15) is 17.2 Å². The molecule has 2 rings (SSSR count). The molecule has 1 heterocycles. The van der Waals surface area contributed by atoms with Crippen LogP contribution < -0.4 is 5.73 Å². The fraction of sp³-hybridized carbons (Fsp3) is 0.400. The van der Waals surface area contributed by atoms with Crippen LogP contribution in [0.25, 0.3) is 0 Å². The molecule has 1 fully saturated rings. The molecule has 1 atom stereocenters.